The summed E-state index contributed by atoms with van der Waals surface area (Å²) in [6, 6.07) is 0. The predicted molar refractivity (Wildman–Crippen MR) is 3.33 cm³/mol. The maximum absolute atomic E-state index is 8.68. The number of rotatable bonds is 0. The van der Waals surface area contributed by atoms with E-state index < -0.39 is 21.1 Å². The van der Waals surface area contributed by atoms with Crippen molar-refractivity contribution < 1.29 is 84.2 Å². The average molecular weight is 216 g/mol. The molecule has 26 valence electrons. The van der Waals surface area contributed by atoms with Gasteiger partial charge in [-0.3, -0.25) is 0 Å². The van der Waals surface area contributed by atoms with Crippen LogP contribution in [0.4, 0.5) is 0 Å². The predicted octanol–water partition coefficient (Wildman–Crippen LogP) is -8.81. The van der Waals surface area contributed by atoms with Crippen molar-refractivity contribution in [3.63, 3.8) is 0 Å². The molecule has 0 radical (unpaired) electrons. The first kappa shape index (κ1) is 10.3. The first-order valence-electron chi connectivity index (χ1n) is 0.478. The normalized spacial score (nSPS) is 7.20. The minimum absolute atomic E-state index is 0. The molecule has 0 bridgehead atoms. The van der Waals surface area contributed by atoms with Gasteiger partial charge in [0.1, 0.15) is 0 Å². The van der Waals surface area contributed by atoms with Gasteiger partial charge in [-0.25, -0.2) is 0 Å². The van der Waals surface area contributed by atoms with E-state index in [2.05, 4.69) is 0 Å². The van der Waals surface area contributed by atoms with Crippen LogP contribution in [0.3, 0.4) is 0 Å². The maximum atomic E-state index is 8.68. The molecule has 0 aromatic carbocycles. The minimum atomic E-state index is -3.76. The first-order valence-corrected chi connectivity index (χ1v) is 3.20. The van der Waals surface area contributed by atoms with E-state index in [1.807, 2.05) is 0 Å². The van der Waals surface area contributed by atoms with Crippen LogP contribution in [0, 0.1) is 0 Å². The summed E-state index contributed by atoms with van der Waals surface area (Å²) >= 11 is -3.76. The SMILES string of the molecule is [H+].[K+].[O-][I+2]([O-])O. The smallest absolute Gasteiger partial charge is 0.396 e. The quantitative estimate of drug-likeness (QED) is 0.323. The first-order chi connectivity index (χ1) is 1.73. The van der Waals surface area contributed by atoms with Gasteiger partial charge in [0.25, 0.3) is 0 Å². The van der Waals surface area contributed by atoms with Crippen LogP contribution in [0.25, 0.3) is 0 Å². The van der Waals surface area contributed by atoms with E-state index in [1.54, 1.807) is 0 Å². The average Bonchev–Trinajstić information content (AvgIpc) is 0.811. The summed E-state index contributed by atoms with van der Waals surface area (Å²) in [7, 11) is 0. The second-order valence-electron chi connectivity index (χ2n) is 0.201. The largest absolute Gasteiger partial charge is 1.00 e. The third-order valence-corrected chi connectivity index (χ3v) is 0. The fraction of sp³-hybridized carbons (Fsp3) is 0. The molecule has 0 rings (SSSR count). The zero-order valence-electron chi connectivity index (χ0n) is 3.64. The monoisotopic (exact) mass is 216 g/mol. The zero-order valence-corrected chi connectivity index (χ0v) is 7.92. The van der Waals surface area contributed by atoms with E-state index in [9.17, 15) is 0 Å². The Morgan fingerprint density at radius 2 is 1.60 bits per heavy atom. The Morgan fingerprint density at radius 1 is 1.60 bits per heavy atom. The van der Waals surface area contributed by atoms with E-state index in [1.165, 1.54) is 0 Å². The van der Waals surface area contributed by atoms with Crippen molar-refractivity contribution >= 4 is 0 Å². The molecular weight excluding hydrogens is 214 g/mol. The van der Waals surface area contributed by atoms with Gasteiger partial charge in [-0.1, -0.05) is 0 Å². The molecular formula is H2IKO3+2. The fourth-order valence-electron chi connectivity index (χ4n) is 0. The maximum Gasteiger partial charge on any atom is 1.00 e. The van der Waals surface area contributed by atoms with Crippen LogP contribution in [0.1, 0.15) is 1.43 Å². The van der Waals surface area contributed by atoms with Gasteiger partial charge in [0, 0.05) is 0 Å². The molecule has 0 fully saturated rings. The Bertz CT molecular complexity index is 15.5. The topological polar surface area (TPSA) is 66.3 Å². The van der Waals surface area contributed by atoms with Gasteiger partial charge in [-0.05, 0) is 3.44 Å². The summed E-state index contributed by atoms with van der Waals surface area (Å²) in [5.74, 6) is 0. The minimum Gasteiger partial charge on any atom is -0.396 e. The van der Waals surface area contributed by atoms with Crippen LogP contribution < -0.4 is 79.3 Å². The molecule has 0 atom stereocenters. The fourth-order valence-corrected chi connectivity index (χ4v) is 0. The third kappa shape index (κ3) is 22.3. The third-order valence-electron chi connectivity index (χ3n) is 0. The van der Waals surface area contributed by atoms with Gasteiger partial charge >= 0.3 is 73.9 Å². The van der Waals surface area contributed by atoms with Crippen molar-refractivity contribution in [2.75, 3.05) is 0 Å². The standard InChI is InChI=1S/HIO3.K/c2-1(3)4;/h2H;/q;+1/p+1. The van der Waals surface area contributed by atoms with E-state index >= 15 is 0 Å². The summed E-state index contributed by atoms with van der Waals surface area (Å²) in [5, 5.41) is 0. The Kier molecular flexibility index (Phi) is 12.8. The van der Waals surface area contributed by atoms with Gasteiger partial charge in [0.2, 0.25) is 0 Å². The molecule has 5 heavy (non-hydrogen) atoms. The van der Waals surface area contributed by atoms with Crippen LogP contribution in [-0.4, -0.2) is 3.44 Å². The molecule has 1 N–H and O–H groups in total. The molecule has 0 saturated heterocycles. The van der Waals surface area contributed by atoms with Crippen molar-refractivity contribution in [3.8, 4) is 0 Å². The summed E-state index contributed by atoms with van der Waals surface area (Å²) in [6.07, 6.45) is 0. The molecule has 0 unspecified atom stereocenters. The summed E-state index contributed by atoms with van der Waals surface area (Å²) in [6.45, 7) is 0. The Hall–Kier alpha value is 2.25. The molecule has 0 saturated carbocycles. The Morgan fingerprint density at radius 3 is 1.60 bits per heavy atom. The molecule has 0 heterocycles. The van der Waals surface area contributed by atoms with Gasteiger partial charge in [-0.2, -0.15) is 0 Å². The van der Waals surface area contributed by atoms with Crippen molar-refractivity contribution in [3.05, 3.63) is 0 Å². The van der Waals surface area contributed by atoms with Crippen LogP contribution in [-0.2, 0) is 0 Å². The zero-order chi connectivity index (χ0) is 3.58. The molecule has 0 aromatic rings. The molecule has 0 amide bonds. The van der Waals surface area contributed by atoms with Gasteiger partial charge in [0.05, 0.1) is 0 Å². The second kappa shape index (κ2) is 6.25. The van der Waals surface area contributed by atoms with Crippen molar-refractivity contribution in [1.29, 1.82) is 0 Å². The molecule has 0 aliphatic heterocycles. The van der Waals surface area contributed by atoms with E-state index in [-0.39, 0.29) is 52.8 Å². The molecule has 0 aromatic heterocycles. The molecule has 0 aliphatic carbocycles. The number of hydrogen-bond acceptors (Lipinski definition) is 3. The molecule has 0 aliphatic rings. The Labute approximate surface area is 82.3 Å². The molecule has 3 nitrogen and oxygen atoms in total. The molecule has 0 spiro atoms. The number of hydrogen-bond donors (Lipinski definition) is 1. The van der Waals surface area contributed by atoms with E-state index in [0.29, 0.717) is 0 Å². The van der Waals surface area contributed by atoms with E-state index in [0.717, 1.165) is 0 Å². The van der Waals surface area contributed by atoms with Gasteiger partial charge < -0.3 is 6.87 Å². The van der Waals surface area contributed by atoms with Gasteiger partial charge in [0.15, 0.2) is 0 Å². The summed E-state index contributed by atoms with van der Waals surface area (Å²) < 4.78 is 24.5. The van der Waals surface area contributed by atoms with E-state index in [4.69, 9.17) is 10.3 Å². The van der Waals surface area contributed by atoms with Crippen molar-refractivity contribution in [1.82, 2.24) is 0 Å². The van der Waals surface area contributed by atoms with Crippen molar-refractivity contribution in [2.45, 2.75) is 0 Å². The number of halogens is 1. The Balaban J connectivity index is -0.0000000450. The summed E-state index contributed by atoms with van der Waals surface area (Å²) in [4.78, 5) is 0. The van der Waals surface area contributed by atoms with Gasteiger partial charge in [-0.15, -0.1) is 0 Å². The second-order valence-corrected chi connectivity index (χ2v) is 1.35. The van der Waals surface area contributed by atoms with Crippen LogP contribution in [0.5, 0.6) is 0 Å². The van der Waals surface area contributed by atoms with Crippen LogP contribution in [0.2, 0.25) is 0 Å². The van der Waals surface area contributed by atoms with Crippen LogP contribution >= 0.6 is 0 Å². The molecule has 5 heteroatoms. The van der Waals surface area contributed by atoms with Crippen molar-refractivity contribution in [2.24, 2.45) is 0 Å². The summed E-state index contributed by atoms with van der Waals surface area (Å²) in [5.41, 5.74) is 0. The van der Waals surface area contributed by atoms with Crippen LogP contribution in [0.15, 0.2) is 0 Å².